The Kier molecular flexibility index (Phi) is 4.66. The van der Waals surface area contributed by atoms with Crippen molar-refractivity contribution in [3.63, 3.8) is 0 Å². The van der Waals surface area contributed by atoms with Crippen LogP contribution in [0.25, 0.3) is 0 Å². The molecule has 0 radical (unpaired) electrons. The van der Waals surface area contributed by atoms with Crippen LogP contribution < -0.4 is 5.32 Å². The highest BCUT2D eigenvalue weighted by atomic mass is 35.5. The molecule has 1 heterocycles. The first-order valence-electron chi connectivity index (χ1n) is 6.83. The third-order valence-electron chi connectivity index (χ3n) is 3.96. The van der Waals surface area contributed by atoms with E-state index in [-0.39, 0.29) is 5.54 Å². The van der Waals surface area contributed by atoms with E-state index in [4.69, 9.17) is 11.6 Å². The Morgan fingerprint density at radius 1 is 1.33 bits per heavy atom. The Hall–Kier alpha value is -0.570. The maximum Gasteiger partial charge on any atom is 0.0406 e. The zero-order chi connectivity index (χ0) is 13.0. The van der Waals surface area contributed by atoms with Gasteiger partial charge in [-0.15, -0.1) is 0 Å². The molecule has 1 aromatic carbocycles. The van der Waals surface area contributed by atoms with Crippen LogP contribution in [0.2, 0.25) is 5.02 Å². The van der Waals surface area contributed by atoms with Crippen molar-refractivity contribution < 1.29 is 0 Å². The Morgan fingerprint density at radius 2 is 2.06 bits per heavy atom. The average Bonchev–Trinajstić information content (AvgIpc) is 2.38. The van der Waals surface area contributed by atoms with Crippen LogP contribution in [0.3, 0.4) is 0 Å². The number of nitrogens with zero attached hydrogens (tertiary/aromatic N) is 1. The van der Waals surface area contributed by atoms with Crippen molar-refractivity contribution in [3.05, 3.63) is 34.9 Å². The van der Waals surface area contributed by atoms with Gasteiger partial charge in [0.2, 0.25) is 0 Å². The minimum absolute atomic E-state index is 0.290. The molecule has 18 heavy (non-hydrogen) atoms. The van der Waals surface area contributed by atoms with Crippen molar-refractivity contribution in [2.45, 2.75) is 32.2 Å². The summed E-state index contributed by atoms with van der Waals surface area (Å²) in [5, 5.41) is 4.44. The monoisotopic (exact) mass is 266 g/mol. The average molecular weight is 267 g/mol. The minimum atomic E-state index is 0.290. The number of hydrogen-bond donors (Lipinski definition) is 1. The first kappa shape index (κ1) is 13.9. The lowest BCUT2D eigenvalue weighted by molar-refractivity contribution is 0.141. The Labute approximate surface area is 115 Å². The molecule has 1 atom stereocenters. The number of hydrogen-bond acceptors (Lipinski definition) is 2. The minimum Gasteiger partial charge on any atom is -0.309 e. The van der Waals surface area contributed by atoms with Crippen molar-refractivity contribution in [1.82, 2.24) is 10.2 Å². The Morgan fingerprint density at radius 3 is 2.72 bits per heavy atom. The molecule has 0 bridgehead atoms. The van der Waals surface area contributed by atoms with E-state index < -0.39 is 0 Å². The van der Waals surface area contributed by atoms with Crippen LogP contribution in [0, 0.1) is 0 Å². The fraction of sp³-hybridized carbons (Fsp3) is 0.600. The Bertz CT molecular complexity index is 377. The summed E-state index contributed by atoms with van der Waals surface area (Å²) >= 11 is 5.90. The maximum atomic E-state index is 5.90. The van der Waals surface area contributed by atoms with Crippen molar-refractivity contribution in [1.29, 1.82) is 0 Å². The summed E-state index contributed by atoms with van der Waals surface area (Å²) in [7, 11) is 0. The normalized spacial score (nSPS) is 25.3. The summed E-state index contributed by atoms with van der Waals surface area (Å²) in [6.45, 7) is 9.13. The first-order valence-corrected chi connectivity index (χ1v) is 7.21. The molecule has 0 saturated carbocycles. The van der Waals surface area contributed by atoms with Crippen LogP contribution in [-0.4, -0.2) is 36.6 Å². The molecule has 1 aliphatic rings. The van der Waals surface area contributed by atoms with Gasteiger partial charge in [0.05, 0.1) is 0 Å². The van der Waals surface area contributed by atoms with Gasteiger partial charge < -0.3 is 5.32 Å². The number of piperazine rings is 1. The maximum absolute atomic E-state index is 5.90. The summed E-state index contributed by atoms with van der Waals surface area (Å²) < 4.78 is 0. The van der Waals surface area contributed by atoms with Gasteiger partial charge in [-0.25, -0.2) is 0 Å². The molecule has 2 nitrogen and oxygen atoms in total. The largest absolute Gasteiger partial charge is 0.309 e. The van der Waals surface area contributed by atoms with Gasteiger partial charge in [0.25, 0.3) is 0 Å². The molecule has 1 aliphatic heterocycles. The number of halogens is 1. The SMILES string of the molecule is CCC1(C)CN(CCc2ccc(Cl)cc2)CCN1. The molecule has 0 aromatic heterocycles. The van der Waals surface area contributed by atoms with E-state index >= 15 is 0 Å². The van der Waals surface area contributed by atoms with Crippen LogP contribution >= 0.6 is 11.6 Å². The zero-order valence-corrected chi connectivity index (χ0v) is 12.1. The van der Waals surface area contributed by atoms with Gasteiger partial charge in [-0.05, 0) is 37.5 Å². The van der Waals surface area contributed by atoms with E-state index in [1.54, 1.807) is 0 Å². The lowest BCUT2D eigenvalue weighted by Crippen LogP contribution is -2.58. The molecule has 1 unspecified atom stereocenters. The highest BCUT2D eigenvalue weighted by molar-refractivity contribution is 6.30. The second-order valence-corrected chi connectivity index (χ2v) is 5.93. The molecule has 1 N–H and O–H groups in total. The predicted molar refractivity (Wildman–Crippen MR) is 78.3 cm³/mol. The molecule has 0 spiro atoms. The van der Waals surface area contributed by atoms with Crippen LogP contribution in [0.5, 0.6) is 0 Å². The second kappa shape index (κ2) is 6.05. The quantitative estimate of drug-likeness (QED) is 0.902. The van der Waals surface area contributed by atoms with Gasteiger partial charge in [-0.1, -0.05) is 30.7 Å². The molecule has 1 fully saturated rings. The summed E-state index contributed by atoms with van der Waals surface area (Å²) in [5.74, 6) is 0. The summed E-state index contributed by atoms with van der Waals surface area (Å²) in [4.78, 5) is 2.56. The first-order chi connectivity index (χ1) is 8.61. The van der Waals surface area contributed by atoms with Crippen molar-refractivity contribution in [2.24, 2.45) is 0 Å². The van der Waals surface area contributed by atoms with Gasteiger partial charge in [0, 0.05) is 36.7 Å². The zero-order valence-electron chi connectivity index (χ0n) is 11.4. The van der Waals surface area contributed by atoms with Crippen LogP contribution in [0.4, 0.5) is 0 Å². The van der Waals surface area contributed by atoms with E-state index in [9.17, 15) is 0 Å². The van der Waals surface area contributed by atoms with E-state index in [0.29, 0.717) is 0 Å². The predicted octanol–water partition coefficient (Wildman–Crippen LogP) is 2.96. The summed E-state index contributed by atoms with van der Waals surface area (Å²) in [6, 6.07) is 8.21. The molecular formula is C15H23ClN2. The summed E-state index contributed by atoms with van der Waals surface area (Å²) in [6.07, 6.45) is 2.29. The van der Waals surface area contributed by atoms with Crippen LogP contribution in [0.15, 0.2) is 24.3 Å². The molecule has 2 rings (SSSR count). The van der Waals surface area contributed by atoms with E-state index in [0.717, 1.165) is 37.6 Å². The van der Waals surface area contributed by atoms with E-state index in [2.05, 4.69) is 36.2 Å². The standard InChI is InChI=1S/C15H23ClN2/c1-3-15(2)12-18(11-9-17-15)10-8-13-4-6-14(16)7-5-13/h4-7,17H,3,8-12H2,1-2H3. The van der Waals surface area contributed by atoms with Gasteiger partial charge in [-0.3, -0.25) is 4.90 Å². The highest BCUT2D eigenvalue weighted by Gasteiger charge is 2.28. The van der Waals surface area contributed by atoms with Crippen LogP contribution in [-0.2, 0) is 6.42 Å². The highest BCUT2D eigenvalue weighted by Crippen LogP contribution is 2.16. The van der Waals surface area contributed by atoms with E-state index in [1.165, 1.54) is 12.0 Å². The van der Waals surface area contributed by atoms with Gasteiger partial charge >= 0.3 is 0 Å². The molecule has 3 heteroatoms. The number of nitrogens with one attached hydrogen (secondary N) is 1. The number of benzene rings is 1. The van der Waals surface area contributed by atoms with E-state index in [1.807, 2.05) is 12.1 Å². The lowest BCUT2D eigenvalue weighted by atomic mass is 9.95. The lowest BCUT2D eigenvalue weighted by Gasteiger charge is -2.41. The molecule has 1 aromatic rings. The smallest absolute Gasteiger partial charge is 0.0406 e. The molecule has 0 amide bonds. The third kappa shape index (κ3) is 3.71. The fourth-order valence-electron chi connectivity index (χ4n) is 2.51. The molecule has 0 aliphatic carbocycles. The van der Waals surface area contributed by atoms with Crippen molar-refractivity contribution in [3.8, 4) is 0 Å². The van der Waals surface area contributed by atoms with Gasteiger partial charge in [0.15, 0.2) is 0 Å². The number of rotatable bonds is 4. The molecular weight excluding hydrogens is 244 g/mol. The molecule has 100 valence electrons. The van der Waals surface area contributed by atoms with Crippen LogP contribution in [0.1, 0.15) is 25.8 Å². The van der Waals surface area contributed by atoms with Crippen molar-refractivity contribution >= 4 is 11.6 Å². The topological polar surface area (TPSA) is 15.3 Å². The van der Waals surface area contributed by atoms with Gasteiger partial charge in [-0.2, -0.15) is 0 Å². The Balaban J connectivity index is 1.85. The van der Waals surface area contributed by atoms with Crippen molar-refractivity contribution in [2.75, 3.05) is 26.2 Å². The van der Waals surface area contributed by atoms with Gasteiger partial charge in [0.1, 0.15) is 0 Å². The third-order valence-corrected chi connectivity index (χ3v) is 4.21. The fourth-order valence-corrected chi connectivity index (χ4v) is 2.64. The summed E-state index contributed by atoms with van der Waals surface area (Å²) in [5.41, 5.74) is 1.66. The second-order valence-electron chi connectivity index (χ2n) is 5.49. The molecule has 1 saturated heterocycles.